The molecule has 0 heterocycles. The predicted molar refractivity (Wildman–Crippen MR) is 39.1 cm³/mol. The summed E-state index contributed by atoms with van der Waals surface area (Å²) in [5.74, 6) is 0. The molecular weight excluding hydrogens is 358 g/mol. The second-order valence-electron chi connectivity index (χ2n) is 0.855. The molecule has 17 heavy (non-hydrogen) atoms. The van der Waals surface area contributed by atoms with E-state index < -0.39 is 20.8 Å². The SMILES string of the molecule is O.O.O.O.O=S(=O)([O-])O.O=S(=O)([O-])O.[Fe].[Na+].[Na+]. The topological polar surface area (TPSA) is 281 Å². The minimum Gasteiger partial charge on any atom is -0.726 e. The Morgan fingerprint density at radius 3 is 0.647 bits per heavy atom. The minimum absolute atomic E-state index is 0. The molecule has 0 atom stereocenters. The molecule has 0 amide bonds. The van der Waals surface area contributed by atoms with Crippen LogP contribution >= 0.6 is 0 Å². The van der Waals surface area contributed by atoms with Gasteiger partial charge in [0.05, 0.1) is 0 Å². The normalized spacial score (nSPS) is 6.82. The Balaban J connectivity index is -0.00000000762. The molecule has 0 aromatic carbocycles. The second kappa shape index (κ2) is 26.6. The van der Waals surface area contributed by atoms with E-state index in [0.717, 1.165) is 0 Å². The van der Waals surface area contributed by atoms with Gasteiger partial charge in [0.1, 0.15) is 0 Å². The first-order chi connectivity index (χ1) is 4.00. The van der Waals surface area contributed by atoms with E-state index in [2.05, 4.69) is 0 Å². The van der Waals surface area contributed by atoms with Gasteiger partial charge in [0.25, 0.3) is 0 Å². The van der Waals surface area contributed by atoms with Crippen LogP contribution < -0.4 is 59.1 Å². The van der Waals surface area contributed by atoms with Crippen LogP contribution in [0.4, 0.5) is 0 Å². The van der Waals surface area contributed by atoms with E-state index in [0.29, 0.717) is 0 Å². The monoisotopic (exact) mass is 368 g/mol. The van der Waals surface area contributed by atoms with Gasteiger partial charge in [0.15, 0.2) is 0 Å². The third-order valence-electron chi connectivity index (χ3n) is 0. The molecular formula is H10FeNa2O12S2. The van der Waals surface area contributed by atoms with Crippen LogP contribution in [0.5, 0.6) is 0 Å². The van der Waals surface area contributed by atoms with Crippen molar-refractivity contribution in [1.29, 1.82) is 0 Å². The van der Waals surface area contributed by atoms with Gasteiger partial charge in [-0.2, -0.15) is 0 Å². The average molecular weight is 368 g/mol. The molecule has 0 radical (unpaired) electrons. The number of rotatable bonds is 0. The third-order valence-corrected chi connectivity index (χ3v) is 0. The summed E-state index contributed by atoms with van der Waals surface area (Å²) in [5, 5.41) is 0. The summed E-state index contributed by atoms with van der Waals surface area (Å²) >= 11 is 0. The Morgan fingerprint density at radius 1 is 0.647 bits per heavy atom. The second-order valence-corrected chi connectivity index (χ2v) is 2.57. The Kier molecular flexibility index (Phi) is 96.1. The maximum absolute atomic E-state index is 8.63. The fourth-order valence-corrected chi connectivity index (χ4v) is 0. The molecule has 0 aliphatic rings. The Hall–Kier alpha value is 2.10. The van der Waals surface area contributed by atoms with Crippen molar-refractivity contribution in [3.8, 4) is 0 Å². The van der Waals surface area contributed by atoms with Crippen molar-refractivity contribution >= 4 is 20.8 Å². The first-order valence-corrected chi connectivity index (χ1v) is 4.10. The van der Waals surface area contributed by atoms with Gasteiger partial charge in [-0.3, -0.25) is 9.11 Å². The third kappa shape index (κ3) is 1060. The van der Waals surface area contributed by atoms with Crippen molar-refractivity contribution in [2.45, 2.75) is 0 Å². The van der Waals surface area contributed by atoms with Gasteiger partial charge < -0.3 is 31.0 Å². The maximum atomic E-state index is 8.63. The van der Waals surface area contributed by atoms with Crippen LogP contribution in [-0.2, 0) is 37.9 Å². The Labute approximate surface area is 152 Å². The molecule has 0 bridgehead atoms. The van der Waals surface area contributed by atoms with Crippen molar-refractivity contribution in [2.24, 2.45) is 0 Å². The zero-order valence-corrected chi connectivity index (χ0v) is 15.3. The first kappa shape index (κ1) is 61.3. The summed E-state index contributed by atoms with van der Waals surface area (Å²) < 4.78 is 65.7. The van der Waals surface area contributed by atoms with Crippen LogP contribution in [-0.4, -0.2) is 57.0 Å². The Bertz CT molecular complexity index is 219. The fourth-order valence-electron chi connectivity index (χ4n) is 0. The van der Waals surface area contributed by atoms with Crippen molar-refractivity contribution in [3.05, 3.63) is 0 Å². The fraction of sp³-hybridized carbons (Fsp3) is 0. The number of hydrogen-bond donors (Lipinski definition) is 2. The molecule has 0 unspecified atom stereocenters. The van der Waals surface area contributed by atoms with Crippen LogP contribution in [0.25, 0.3) is 0 Å². The molecule has 0 spiro atoms. The molecule has 0 saturated carbocycles. The van der Waals surface area contributed by atoms with E-state index in [4.69, 9.17) is 35.0 Å². The quantitative estimate of drug-likeness (QED) is 0.234. The molecule has 0 saturated heterocycles. The average Bonchev–Trinajstić information content (AvgIpc) is 1.12. The summed E-state index contributed by atoms with van der Waals surface area (Å²) in [7, 11) is -9.83. The largest absolute Gasteiger partial charge is 1.00 e. The predicted octanol–water partition coefficient (Wildman–Crippen LogP) is -11.3. The smallest absolute Gasteiger partial charge is 0.726 e. The molecule has 0 aliphatic heterocycles. The molecule has 0 aromatic heterocycles. The van der Waals surface area contributed by atoms with Crippen molar-refractivity contribution in [2.75, 3.05) is 0 Å². The molecule has 104 valence electrons. The first-order valence-electron chi connectivity index (χ1n) is 1.37. The molecule has 0 rings (SSSR count). The van der Waals surface area contributed by atoms with Crippen molar-refractivity contribution in [1.82, 2.24) is 0 Å². The van der Waals surface area contributed by atoms with Gasteiger partial charge in [0.2, 0.25) is 20.8 Å². The van der Waals surface area contributed by atoms with Gasteiger partial charge in [-0.15, -0.1) is 0 Å². The van der Waals surface area contributed by atoms with Gasteiger partial charge in [-0.1, -0.05) is 0 Å². The molecule has 12 nitrogen and oxygen atoms in total. The molecule has 17 heteroatoms. The summed E-state index contributed by atoms with van der Waals surface area (Å²) in [6.07, 6.45) is 0. The summed E-state index contributed by atoms with van der Waals surface area (Å²) in [4.78, 5) is 0. The van der Waals surface area contributed by atoms with Crippen molar-refractivity contribution in [3.63, 3.8) is 0 Å². The van der Waals surface area contributed by atoms with E-state index in [1.807, 2.05) is 0 Å². The molecule has 0 aromatic rings. The van der Waals surface area contributed by atoms with Crippen LogP contribution in [0.15, 0.2) is 0 Å². The summed E-state index contributed by atoms with van der Waals surface area (Å²) in [6, 6.07) is 0. The van der Waals surface area contributed by atoms with Crippen LogP contribution in [0.3, 0.4) is 0 Å². The molecule has 0 fully saturated rings. The van der Waals surface area contributed by atoms with Gasteiger partial charge in [-0.05, 0) is 0 Å². The van der Waals surface area contributed by atoms with E-state index in [1.165, 1.54) is 0 Å². The van der Waals surface area contributed by atoms with E-state index >= 15 is 0 Å². The Morgan fingerprint density at radius 2 is 0.647 bits per heavy atom. The van der Waals surface area contributed by atoms with Crippen LogP contribution in [0, 0.1) is 0 Å². The van der Waals surface area contributed by atoms with Gasteiger partial charge in [0, 0.05) is 17.1 Å². The summed E-state index contributed by atoms with van der Waals surface area (Å²) in [5.41, 5.74) is 0. The van der Waals surface area contributed by atoms with Gasteiger partial charge >= 0.3 is 59.1 Å². The van der Waals surface area contributed by atoms with Crippen LogP contribution in [0.2, 0.25) is 0 Å². The zero-order chi connectivity index (χ0) is 9.00. The summed E-state index contributed by atoms with van der Waals surface area (Å²) in [6.45, 7) is 0. The van der Waals surface area contributed by atoms with Crippen molar-refractivity contribution < 1.29 is 133 Å². The number of hydrogen-bond acceptors (Lipinski definition) is 6. The molecule has 0 aliphatic carbocycles. The van der Waals surface area contributed by atoms with E-state index in [-0.39, 0.29) is 98.1 Å². The van der Waals surface area contributed by atoms with E-state index in [9.17, 15) is 0 Å². The zero-order valence-electron chi connectivity index (χ0n) is 8.51. The van der Waals surface area contributed by atoms with E-state index in [1.54, 1.807) is 0 Å². The maximum Gasteiger partial charge on any atom is 1.00 e. The van der Waals surface area contributed by atoms with Crippen LogP contribution in [0.1, 0.15) is 0 Å². The molecule has 10 N–H and O–H groups in total. The minimum atomic E-state index is -4.92. The standard InChI is InChI=1S/Fe.2Na.2H2O4S.4H2O/c;;;2*1-5(2,3)4;;;;/h;;;2*(H2,1,2,3,4);4*1H2/q;2*+1;;;;;;/p-2. The van der Waals surface area contributed by atoms with Gasteiger partial charge in [-0.25, -0.2) is 16.8 Å².